The number of fused-ring (bicyclic) bond motifs is 2. The molecule has 10 heteroatoms. The molecular weight excluding hydrogens is 542 g/mol. The lowest BCUT2D eigenvalue weighted by Gasteiger charge is -2.36. The number of aromatic nitrogens is 3. The third kappa shape index (κ3) is 5.43. The van der Waals surface area contributed by atoms with E-state index in [0.29, 0.717) is 24.2 Å². The third-order valence-electron chi connectivity index (χ3n) is 8.87. The molecule has 6 rings (SSSR count). The average Bonchev–Trinajstić information content (AvgIpc) is 3.72. The Balaban J connectivity index is 1.27. The number of alkyl carbamates (subject to hydrolysis) is 1. The van der Waals surface area contributed by atoms with Crippen molar-refractivity contribution in [2.45, 2.75) is 64.3 Å². The molecular formula is C33H39N7O3. The van der Waals surface area contributed by atoms with Crippen LogP contribution in [0.25, 0.3) is 5.65 Å². The SMILES string of the molecule is Cc1ccc2c(c1)C(NC(=O)OCc1ccccc1)(C(=O)N(C)[C@@H](C)c1cc3nc(N4CC[C@H](N)C4)c(C)cn3n1)CC2. The van der Waals surface area contributed by atoms with Crippen LogP contribution in [0, 0.1) is 13.8 Å². The number of carbonyl (C=O) groups is 2. The number of anilines is 1. The summed E-state index contributed by atoms with van der Waals surface area (Å²) in [4.78, 5) is 36.5. The summed E-state index contributed by atoms with van der Waals surface area (Å²) in [5.74, 6) is 0.702. The van der Waals surface area contributed by atoms with Crippen LogP contribution >= 0.6 is 0 Å². The number of rotatable bonds is 7. The second kappa shape index (κ2) is 11.3. The molecule has 4 aromatic rings. The van der Waals surface area contributed by atoms with Gasteiger partial charge < -0.3 is 25.6 Å². The molecule has 3 heterocycles. The predicted octanol–water partition coefficient (Wildman–Crippen LogP) is 4.17. The summed E-state index contributed by atoms with van der Waals surface area (Å²) in [6.07, 6.45) is 3.40. The maximum Gasteiger partial charge on any atom is 0.408 e. The number of likely N-dealkylation sites (N-methyl/N-ethyl adjacent to an activating group) is 1. The first kappa shape index (κ1) is 28.7. The lowest BCUT2D eigenvalue weighted by molar-refractivity contribution is -0.139. The van der Waals surface area contributed by atoms with Gasteiger partial charge in [-0.25, -0.2) is 14.3 Å². The maximum absolute atomic E-state index is 14.5. The largest absolute Gasteiger partial charge is 0.445 e. The molecule has 10 nitrogen and oxygen atoms in total. The first-order chi connectivity index (χ1) is 20.6. The highest BCUT2D eigenvalue weighted by Gasteiger charge is 2.49. The van der Waals surface area contributed by atoms with Crippen LogP contribution < -0.4 is 16.0 Å². The van der Waals surface area contributed by atoms with E-state index in [0.717, 1.165) is 53.1 Å². The summed E-state index contributed by atoms with van der Waals surface area (Å²) >= 11 is 0. The topological polar surface area (TPSA) is 118 Å². The summed E-state index contributed by atoms with van der Waals surface area (Å²) < 4.78 is 7.36. The van der Waals surface area contributed by atoms with Crippen molar-refractivity contribution in [2.75, 3.05) is 25.0 Å². The molecule has 2 aliphatic rings. The van der Waals surface area contributed by atoms with E-state index in [2.05, 4.69) is 10.2 Å². The number of aryl methyl sites for hydroxylation is 3. The lowest BCUT2D eigenvalue weighted by Crippen LogP contribution is -2.56. The van der Waals surface area contributed by atoms with E-state index in [1.165, 1.54) is 0 Å². The highest BCUT2D eigenvalue weighted by Crippen LogP contribution is 2.40. The number of carbonyl (C=O) groups excluding carboxylic acids is 2. The number of amides is 2. The molecule has 1 saturated heterocycles. The predicted molar refractivity (Wildman–Crippen MR) is 165 cm³/mol. The lowest BCUT2D eigenvalue weighted by atomic mass is 9.88. The van der Waals surface area contributed by atoms with Crippen LogP contribution in [0.2, 0.25) is 0 Å². The molecule has 0 radical (unpaired) electrons. The Bertz CT molecular complexity index is 1670. The van der Waals surface area contributed by atoms with Crippen molar-refractivity contribution >= 4 is 23.5 Å². The van der Waals surface area contributed by atoms with Gasteiger partial charge in [0.25, 0.3) is 5.91 Å². The molecule has 1 unspecified atom stereocenters. The Morgan fingerprint density at radius 2 is 1.98 bits per heavy atom. The number of ether oxygens (including phenoxy) is 1. The highest BCUT2D eigenvalue weighted by atomic mass is 16.5. The number of nitrogens with two attached hydrogens (primary N) is 1. The minimum atomic E-state index is -1.26. The number of nitrogens with zero attached hydrogens (tertiary/aromatic N) is 5. The van der Waals surface area contributed by atoms with Crippen LogP contribution in [-0.4, -0.2) is 57.7 Å². The molecule has 3 atom stereocenters. The molecule has 0 bridgehead atoms. The number of hydrogen-bond donors (Lipinski definition) is 2. The molecule has 1 aliphatic heterocycles. The summed E-state index contributed by atoms with van der Waals surface area (Å²) in [5, 5.41) is 7.80. The van der Waals surface area contributed by atoms with Crippen molar-refractivity contribution in [3.63, 3.8) is 0 Å². The zero-order chi connectivity index (χ0) is 30.3. The minimum absolute atomic E-state index is 0.114. The van der Waals surface area contributed by atoms with E-state index in [1.54, 1.807) is 16.5 Å². The normalized spacial score (nSPS) is 20.2. The summed E-state index contributed by atoms with van der Waals surface area (Å²) in [6.45, 7) is 7.73. The monoisotopic (exact) mass is 581 g/mol. The molecule has 0 saturated carbocycles. The van der Waals surface area contributed by atoms with Crippen molar-refractivity contribution in [2.24, 2.45) is 5.73 Å². The zero-order valence-corrected chi connectivity index (χ0v) is 25.2. The minimum Gasteiger partial charge on any atom is -0.445 e. The van der Waals surface area contributed by atoms with Crippen LogP contribution in [0.5, 0.6) is 0 Å². The summed E-state index contributed by atoms with van der Waals surface area (Å²) in [6, 6.07) is 17.3. The second-order valence-electron chi connectivity index (χ2n) is 12.0. The number of benzene rings is 2. The van der Waals surface area contributed by atoms with Crippen LogP contribution in [0.4, 0.5) is 10.6 Å². The van der Waals surface area contributed by atoms with Crippen molar-refractivity contribution in [1.82, 2.24) is 24.8 Å². The van der Waals surface area contributed by atoms with Gasteiger partial charge in [0, 0.05) is 44.0 Å². The molecule has 224 valence electrons. The molecule has 2 aromatic heterocycles. The van der Waals surface area contributed by atoms with Gasteiger partial charge >= 0.3 is 6.09 Å². The molecule has 3 N–H and O–H groups in total. The first-order valence-corrected chi connectivity index (χ1v) is 14.9. The van der Waals surface area contributed by atoms with Gasteiger partial charge in [-0.05, 0) is 56.7 Å². The Morgan fingerprint density at radius 3 is 2.72 bits per heavy atom. The van der Waals surface area contributed by atoms with Crippen LogP contribution in [0.1, 0.15) is 59.3 Å². The fourth-order valence-corrected chi connectivity index (χ4v) is 6.30. The molecule has 2 amide bonds. The van der Waals surface area contributed by atoms with Crippen molar-refractivity contribution in [3.05, 3.63) is 94.3 Å². The van der Waals surface area contributed by atoms with Gasteiger partial charge in [-0.2, -0.15) is 5.10 Å². The highest BCUT2D eigenvalue weighted by molar-refractivity contribution is 5.92. The Labute approximate surface area is 251 Å². The fourth-order valence-electron chi connectivity index (χ4n) is 6.30. The molecule has 43 heavy (non-hydrogen) atoms. The van der Waals surface area contributed by atoms with Gasteiger partial charge in [-0.3, -0.25) is 4.79 Å². The van der Waals surface area contributed by atoms with Crippen molar-refractivity contribution in [3.8, 4) is 0 Å². The van der Waals surface area contributed by atoms with E-state index in [1.807, 2.05) is 81.6 Å². The Hall–Kier alpha value is -4.44. The second-order valence-corrected chi connectivity index (χ2v) is 12.0. The van der Waals surface area contributed by atoms with Gasteiger partial charge in [0.05, 0.1) is 11.7 Å². The molecule has 1 fully saturated rings. The number of nitrogens with one attached hydrogen (secondary N) is 1. The van der Waals surface area contributed by atoms with E-state index < -0.39 is 11.6 Å². The van der Waals surface area contributed by atoms with Crippen LogP contribution in [0.3, 0.4) is 0 Å². The molecule has 1 aliphatic carbocycles. The van der Waals surface area contributed by atoms with E-state index in [9.17, 15) is 9.59 Å². The standard InChI is InChI=1S/C33H39N7O3/c1-21-10-11-25-12-14-33(27(25)16-21,36-32(42)43-20-24-8-6-5-7-9-24)31(41)38(4)23(3)28-17-29-35-30(22(2)18-40(29)37-28)39-15-13-26(34)19-39/h5-11,16-18,23,26H,12-15,19-20,34H2,1-4H3,(H,36,42)/t23-,26-,33?/m0/s1. The van der Waals surface area contributed by atoms with E-state index >= 15 is 0 Å². The quantitative estimate of drug-likeness (QED) is 0.336. The summed E-state index contributed by atoms with van der Waals surface area (Å²) in [7, 11) is 1.76. The summed E-state index contributed by atoms with van der Waals surface area (Å²) in [5.41, 5.74) is 11.1. The van der Waals surface area contributed by atoms with Gasteiger partial charge in [0.15, 0.2) is 5.65 Å². The average molecular weight is 582 g/mol. The first-order valence-electron chi connectivity index (χ1n) is 14.9. The molecule has 0 spiro atoms. The van der Waals surface area contributed by atoms with Crippen molar-refractivity contribution in [1.29, 1.82) is 0 Å². The zero-order valence-electron chi connectivity index (χ0n) is 25.2. The van der Waals surface area contributed by atoms with Gasteiger partial charge in [0.1, 0.15) is 18.0 Å². The maximum atomic E-state index is 14.5. The fraction of sp³-hybridized carbons (Fsp3) is 0.394. The van der Waals surface area contributed by atoms with Crippen LogP contribution in [-0.2, 0) is 28.1 Å². The van der Waals surface area contributed by atoms with Gasteiger partial charge in [-0.1, -0.05) is 54.1 Å². The van der Waals surface area contributed by atoms with E-state index in [4.69, 9.17) is 20.6 Å². The Morgan fingerprint density at radius 1 is 1.19 bits per heavy atom. The van der Waals surface area contributed by atoms with E-state index in [-0.39, 0.29) is 24.6 Å². The van der Waals surface area contributed by atoms with Gasteiger partial charge in [0.2, 0.25) is 0 Å². The number of hydrogen-bond acceptors (Lipinski definition) is 7. The van der Waals surface area contributed by atoms with Crippen molar-refractivity contribution < 1.29 is 14.3 Å². The van der Waals surface area contributed by atoms with Gasteiger partial charge in [-0.15, -0.1) is 0 Å². The third-order valence-corrected chi connectivity index (χ3v) is 8.87. The molecule has 2 aromatic carbocycles. The Kier molecular flexibility index (Phi) is 7.56. The smallest absolute Gasteiger partial charge is 0.408 e. The van der Waals surface area contributed by atoms with Crippen LogP contribution in [0.15, 0.2) is 60.8 Å².